The fourth-order valence-electron chi connectivity index (χ4n) is 2.13. The third kappa shape index (κ3) is 2.86. The second-order valence-electron chi connectivity index (χ2n) is 5.16. The first kappa shape index (κ1) is 13.4. The quantitative estimate of drug-likeness (QED) is 0.846. The van der Waals surface area contributed by atoms with E-state index in [0.29, 0.717) is 18.7 Å². The van der Waals surface area contributed by atoms with Crippen LogP contribution in [-0.2, 0) is 9.59 Å². The number of carboxylic acids is 1. The molecule has 2 heterocycles. The van der Waals surface area contributed by atoms with Gasteiger partial charge in [0.1, 0.15) is 11.5 Å². The van der Waals surface area contributed by atoms with Crippen LogP contribution >= 0.6 is 0 Å². The van der Waals surface area contributed by atoms with Crippen LogP contribution in [0.5, 0.6) is 0 Å². The topological polar surface area (TPSA) is 70.8 Å². The monoisotopic (exact) mass is 263 g/mol. The van der Waals surface area contributed by atoms with Gasteiger partial charge in [0.2, 0.25) is 5.91 Å². The minimum Gasteiger partial charge on any atom is -0.481 e. The van der Waals surface area contributed by atoms with Crippen LogP contribution in [0.3, 0.4) is 0 Å². The van der Waals surface area contributed by atoms with Gasteiger partial charge in [0.15, 0.2) is 0 Å². The van der Waals surface area contributed by atoms with E-state index in [-0.39, 0.29) is 12.5 Å². The highest BCUT2D eigenvalue weighted by Gasteiger charge is 2.41. The molecule has 1 aliphatic heterocycles. The van der Waals surface area contributed by atoms with E-state index in [1.165, 1.54) is 6.08 Å². The lowest BCUT2D eigenvalue weighted by atomic mass is 9.90. The maximum absolute atomic E-state index is 11.9. The van der Waals surface area contributed by atoms with Crippen LogP contribution in [0.15, 0.2) is 22.6 Å². The van der Waals surface area contributed by atoms with Gasteiger partial charge in [-0.1, -0.05) is 0 Å². The third-order valence-electron chi connectivity index (χ3n) is 3.45. The summed E-state index contributed by atoms with van der Waals surface area (Å²) in [6.07, 6.45) is 3.51. The Bertz CT molecular complexity index is 531. The predicted octanol–water partition coefficient (Wildman–Crippen LogP) is 1.92. The molecule has 1 unspecified atom stereocenters. The predicted molar refractivity (Wildman–Crippen MR) is 69.4 cm³/mol. The number of rotatable bonds is 3. The van der Waals surface area contributed by atoms with Gasteiger partial charge in [0.05, 0.1) is 5.41 Å². The molecule has 0 bridgehead atoms. The molecule has 102 valence electrons. The van der Waals surface area contributed by atoms with Crippen LogP contribution in [0.2, 0.25) is 0 Å². The van der Waals surface area contributed by atoms with Crippen molar-refractivity contribution in [3.8, 4) is 0 Å². The van der Waals surface area contributed by atoms with Crippen LogP contribution in [0.25, 0.3) is 6.08 Å². The molecule has 0 aliphatic carbocycles. The van der Waals surface area contributed by atoms with Gasteiger partial charge in [-0.05, 0) is 38.5 Å². The van der Waals surface area contributed by atoms with Crippen molar-refractivity contribution in [2.75, 3.05) is 13.1 Å². The van der Waals surface area contributed by atoms with Gasteiger partial charge >= 0.3 is 5.97 Å². The summed E-state index contributed by atoms with van der Waals surface area (Å²) in [5, 5.41) is 9.11. The summed E-state index contributed by atoms with van der Waals surface area (Å²) >= 11 is 0. The molecule has 0 spiro atoms. The Morgan fingerprint density at radius 3 is 2.74 bits per heavy atom. The van der Waals surface area contributed by atoms with Crippen molar-refractivity contribution in [3.05, 3.63) is 29.7 Å². The summed E-state index contributed by atoms with van der Waals surface area (Å²) in [5.41, 5.74) is -0.829. The molecule has 19 heavy (non-hydrogen) atoms. The number of carbonyl (C=O) groups excluding carboxylic acids is 1. The van der Waals surface area contributed by atoms with Gasteiger partial charge in [-0.3, -0.25) is 9.59 Å². The zero-order chi connectivity index (χ0) is 14.0. The van der Waals surface area contributed by atoms with Gasteiger partial charge < -0.3 is 14.4 Å². The molecular weight excluding hydrogens is 246 g/mol. The Balaban J connectivity index is 1.99. The maximum Gasteiger partial charge on any atom is 0.311 e. The Morgan fingerprint density at radius 2 is 2.21 bits per heavy atom. The molecule has 5 heteroatoms. The number of furan rings is 1. The minimum atomic E-state index is -0.853. The summed E-state index contributed by atoms with van der Waals surface area (Å²) in [7, 11) is 0. The molecule has 1 aliphatic rings. The number of aliphatic carboxylic acids is 1. The fourth-order valence-corrected chi connectivity index (χ4v) is 2.13. The van der Waals surface area contributed by atoms with Gasteiger partial charge in [-0.25, -0.2) is 0 Å². The number of hydrogen-bond acceptors (Lipinski definition) is 3. The summed E-state index contributed by atoms with van der Waals surface area (Å²) < 4.78 is 5.32. The van der Waals surface area contributed by atoms with Crippen LogP contribution in [0.4, 0.5) is 0 Å². The molecule has 0 radical (unpaired) electrons. The highest BCUT2D eigenvalue weighted by molar-refractivity contribution is 5.92. The molecule has 1 atom stereocenters. The number of amides is 1. The molecule has 1 aromatic heterocycles. The number of likely N-dealkylation sites (tertiary alicyclic amines) is 1. The van der Waals surface area contributed by atoms with Crippen molar-refractivity contribution in [2.24, 2.45) is 5.41 Å². The fraction of sp³-hybridized carbons (Fsp3) is 0.429. The SMILES string of the molecule is Cc1ccc(/C=C/C(=O)N2CCC(C)(C(=O)O)C2)o1. The van der Waals surface area contributed by atoms with Crippen molar-refractivity contribution < 1.29 is 19.1 Å². The van der Waals surface area contributed by atoms with E-state index in [9.17, 15) is 9.59 Å². The first-order valence-electron chi connectivity index (χ1n) is 6.17. The third-order valence-corrected chi connectivity index (χ3v) is 3.45. The van der Waals surface area contributed by atoms with Crippen molar-refractivity contribution >= 4 is 18.0 Å². The molecule has 2 rings (SSSR count). The summed E-state index contributed by atoms with van der Waals surface area (Å²) in [6.45, 7) is 4.23. The zero-order valence-electron chi connectivity index (χ0n) is 11.0. The average molecular weight is 263 g/mol. The Kier molecular flexibility index (Phi) is 3.46. The number of hydrogen-bond donors (Lipinski definition) is 1. The van der Waals surface area contributed by atoms with Gasteiger partial charge in [-0.15, -0.1) is 0 Å². The second kappa shape index (κ2) is 4.91. The summed E-state index contributed by atoms with van der Waals surface area (Å²) in [5.74, 6) is 0.366. The van der Waals surface area contributed by atoms with Crippen molar-refractivity contribution in [2.45, 2.75) is 20.3 Å². The Hall–Kier alpha value is -2.04. The van der Waals surface area contributed by atoms with Gasteiger partial charge in [0.25, 0.3) is 0 Å². The van der Waals surface area contributed by atoms with Crippen LogP contribution in [-0.4, -0.2) is 35.0 Å². The molecule has 1 saturated heterocycles. The second-order valence-corrected chi connectivity index (χ2v) is 5.16. The minimum absolute atomic E-state index is 0.181. The average Bonchev–Trinajstić information content (AvgIpc) is 2.94. The van der Waals surface area contributed by atoms with Gasteiger partial charge in [0, 0.05) is 19.2 Å². The summed E-state index contributed by atoms with van der Waals surface area (Å²) in [4.78, 5) is 24.6. The molecule has 0 saturated carbocycles. The normalized spacial score (nSPS) is 23.2. The highest BCUT2D eigenvalue weighted by Crippen LogP contribution is 2.30. The Labute approximate surface area is 111 Å². The van der Waals surface area contributed by atoms with Crippen LogP contribution in [0, 0.1) is 12.3 Å². The van der Waals surface area contributed by atoms with Crippen molar-refractivity contribution in [3.63, 3.8) is 0 Å². The van der Waals surface area contributed by atoms with E-state index in [4.69, 9.17) is 9.52 Å². The van der Waals surface area contributed by atoms with Gasteiger partial charge in [-0.2, -0.15) is 0 Å². The van der Waals surface area contributed by atoms with Crippen LogP contribution in [0.1, 0.15) is 24.9 Å². The zero-order valence-corrected chi connectivity index (χ0v) is 11.0. The highest BCUT2D eigenvalue weighted by atomic mass is 16.4. The number of carboxylic acid groups (broad SMARTS) is 1. The molecule has 5 nitrogen and oxygen atoms in total. The lowest BCUT2D eigenvalue weighted by molar-refractivity contribution is -0.147. The summed E-state index contributed by atoms with van der Waals surface area (Å²) in [6, 6.07) is 3.60. The van der Waals surface area contributed by atoms with E-state index in [1.807, 2.05) is 13.0 Å². The van der Waals surface area contributed by atoms with E-state index in [0.717, 1.165) is 5.76 Å². The molecule has 1 aromatic rings. The molecule has 1 fully saturated rings. The molecule has 1 N–H and O–H groups in total. The van der Waals surface area contributed by atoms with E-state index in [1.54, 1.807) is 24.0 Å². The van der Waals surface area contributed by atoms with Crippen molar-refractivity contribution in [1.29, 1.82) is 0 Å². The smallest absolute Gasteiger partial charge is 0.311 e. The molecule has 1 amide bonds. The lowest BCUT2D eigenvalue weighted by Crippen LogP contribution is -2.34. The molecular formula is C14H17NO4. The number of nitrogens with zero attached hydrogens (tertiary/aromatic N) is 1. The number of aryl methyl sites for hydroxylation is 1. The maximum atomic E-state index is 11.9. The van der Waals surface area contributed by atoms with Crippen LogP contribution < -0.4 is 0 Å². The Morgan fingerprint density at radius 1 is 1.47 bits per heavy atom. The standard InChI is InChI=1S/C14H17NO4/c1-10-3-4-11(19-10)5-6-12(16)15-8-7-14(2,9-15)13(17)18/h3-6H,7-9H2,1-2H3,(H,17,18)/b6-5+. The van der Waals surface area contributed by atoms with E-state index >= 15 is 0 Å². The lowest BCUT2D eigenvalue weighted by Gasteiger charge is -2.18. The van der Waals surface area contributed by atoms with E-state index < -0.39 is 11.4 Å². The first-order chi connectivity index (χ1) is 8.90. The first-order valence-corrected chi connectivity index (χ1v) is 6.17. The molecule has 0 aromatic carbocycles. The number of carbonyl (C=O) groups is 2. The largest absolute Gasteiger partial charge is 0.481 e. The van der Waals surface area contributed by atoms with E-state index in [2.05, 4.69) is 0 Å². The van der Waals surface area contributed by atoms with Crippen molar-refractivity contribution in [1.82, 2.24) is 4.90 Å².